The summed E-state index contributed by atoms with van der Waals surface area (Å²) < 4.78 is 6.07. The first-order valence-electron chi connectivity index (χ1n) is 5.18. The van der Waals surface area contributed by atoms with Crippen LogP contribution in [0.5, 0.6) is 0 Å². The Bertz CT molecular complexity index is 297. The molecule has 1 aromatic rings. The first-order chi connectivity index (χ1) is 6.78. The van der Waals surface area contributed by atoms with Crippen molar-refractivity contribution in [3.63, 3.8) is 0 Å². The monoisotopic (exact) mass is 257 g/mol. The first-order valence-corrected chi connectivity index (χ1v) is 5.97. The van der Waals surface area contributed by atoms with Crippen molar-refractivity contribution in [2.45, 2.75) is 31.7 Å². The number of nitrogens with one attached hydrogen (secondary N) is 1. The van der Waals surface area contributed by atoms with Crippen LogP contribution in [-0.4, -0.2) is 13.1 Å². The smallest absolute Gasteiger partial charge is 0.169 e. The maximum Gasteiger partial charge on any atom is 0.169 e. The zero-order chi connectivity index (χ0) is 9.97. The second-order valence-corrected chi connectivity index (χ2v) is 4.91. The Kier molecular flexibility index (Phi) is 3.29. The summed E-state index contributed by atoms with van der Waals surface area (Å²) in [5, 5.41) is 3.35. The summed E-state index contributed by atoms with van der Waals surface area (Å²) in [6, 6.07) is 2.81. The first kappa shape index (κ1) is 10.2. The van der Waals surface area contributed by atoms with Gasteiger partial charge in [0.1, 0.15) is 0 Å². The molecule has 1 N–H and O–H groups in total. The quantitative estimate of drug-likeness (QED) is 0.901. The van der Waals surface area contributed by atoms with Crippen LogP contribution in [0.4, 0.5) is 0 Å². The van der Waals surface area contributed by atoms with E-state index in [9.17, 15) is 0 Å². The summed E-state index contributed by atoms with van der Waals surface area (Å²) in [5.41, 5.74) is 1.32. The Morgan fingerprint density at radius 3 is 3.00 bits per heavy atom. The van der Waals surface area contributed by atoms with E-state index in [4.69, 9.17) is 4.42 Å². The van der Waals surface area contributed by atoms with E-state index >= 15 is 0 Å². The predicted octanol–water partition coefficient (Wildman–Crippen LogP) is 2.97. The molecule has 2 nitrogen and oxygen atoms in total. The fourth-order valence-electron chi connectivity index (χ4n) is 2.31. The van der Waals surface area contributed by atoms with Crippen molar-refractivity contribution in [3.05, 3.63) is 22.6 Å². The van der Waals surface area contributed by atoms with Crippen LogP contribution in [-0.2, 0) is 6.42 Å². The van der Waals surface area contributed by atoms with Gasteiger partial charge in [0.05, 0.1) is 6.26 Å². The molecular formula is C11H16BrNO. The second kappa shape index (κ2) is 4.49. The van der Waals surface area contributed by atoms with Crippen LogP contribution in [0.1, 0.15) is 24.8 Å². The molecule has 3 heteroatoms. The third-order valence-corrected chi connectivity index (χ3v) is 3.51. The van der Waals surface area contributed by atoms with E-state index in [1.165, 1.54) is 24.8 Å². The normalized spacial score (nSPS) is 27.0. The van der Waals surface area contributed by atoms with Crippen molar-refractivity contribution >= 4 is 15.9 Å². The van der Waals surface area contributed by atoms with Crippen LogP contribution in [0.15, 0.2) is 21.4 Å². The molecule has 0 aromatic carbocycles. The van der Waals surface area contributed by atoms with E-state index in [0.717, 1.165) is 23.1 Å². The van der Waals surface area contributed by atoms with Gasteiger partial charge < -0.3 is 9.73 Å². The molecule has 1 fully saturated rings. The number of hydrogen-bond donors (Lipinski definition) is 1. The van der Waals surface area contributed by atoms with E-state index in [2.05, 4.69) is 34.4 Å². The Balaban J connectivity index is 1.87. The van der Waals surface area contributed by atoms with Gasteiger partial charge >= 0.3 is 0 Å². The third-order valence-electron chi connectivity index (χ3n) is 3.10. The molecule has 1 heterocycles. The summed E-state index contributed by atoms with van der Waals surface area (Å²) in [5.74, 6) is 0.831. The lowest BCUT2D eigenvalue weighted by Crippen LogP contribution is -2.21. The van der Waals surface area contributed by atoms with Crippen LogP contribution in [0.2, 0.25) is 0 Å². The van der Waals surface area contributed by atoms with Gasteiger partial charge in [-0.25, -0.2) is 0 Å². The molecule has 1 saturated carbocycles. The zero-order valence-corrected chi connectivity index (χ0v) is 10.0. The molecule has 78 valence electrons. The minimum Gasteiger partial charge on any atom is -0.457 e. The van der Waals surface area contributed by atoms with Crippen LogP contribution >= 0.6 is 15.9 Å². The molecule has 0 spiro atoms. The minimum absolute atomic E-state index is 0.732. The molecular weight excluding hydrogens is 242 g/mol. The van der Waals surface area contributed by atoms with Crippen molar-refractivity contribution in [2.24, 2.45) is 5.92 Å². The molecule has 0 aliphatic heterocycles. The fourth-order valence-corrected chi connectivity index (χ4v) is 2.70. The largest absolute Gasteiger partial charge is 0.457 e. The fraction of sp³-hybridized carbons (Fsp3) is 0.636. The van der Waals surface area contributed by atoms with Gasteiger partial charge in [-0.05, 0) is 66.2 Å². The Morgan fingerprint density at radius 1 is 1.57 bits per heavy atom. The predicted molar refractivity (Wildman–Crippen MR) is 60.3 cm³/mol. The van der Waals surface area contributed by atoms with Gasteiger partial charge in [0.25, 0.3) is 0 Å². The summed E-state index contributed by atoms with van der Waals surface area (Å²) in [6.45, 7) is 0. The molecule has 1 aliphatic carbocycles. The van der Waals surface area contributed by atoms with E-state index in [1.807, 2.05) is 6.26 Å². The highest BCUT2D eigenvalue weighted by molar-refractivity contribution is 9.10. The lowest BCUT2D eigenvalue weighted by atomic mass is 10.00. The number of furan rings is 1. The van der Waals surface area contributed by atoms with E-state index in [-0.39, 0.29) is 0 Å². The molecule has 1 aliphatic rings. The molecule has 2 atom stereocenters. The zero-order valence-electron chi connectivity index (χ0n) is 8.42. The Labute approximate surface area is 93.2 Å². The maximum atomic E-state index is 5.23. The van der Waals surface area contributed by atoms with Crippen LogP contribution in [0.3, 0.4) is 0 Å². The van der Waals surface area contributed by atoms with Gasteiger partial charge in [-0.2, -0.15) is 0 Å². The van der Waals surface area contributed by atoms with E-state index < -0.39 is 0 Å². The standard InChI is InChI=1S/C11H16BrNO/c1-13-10-3-2-8(5-10)4-9-6-11(12)14-7-9/h6-8,10,13H,2-5H2,1H3. The summed E-state index contributed by atoms with van der Waals surface area (Å²) in [6.07, 6.45) is 6.98. The van der Waals surface area contributed by atoms with Gasteiger partial charge in [0.2, 0.25) is 0 Å². The van der Waals surface area contributed by atoms with Crippen molar-refractivity contribution in [2.75, 3.05) is 7.05 Å². The molecule has 0 saturated heterocycles. The number of hydrogen-bond acceptors (Lipinski definition) is 2. The van der Waals surface area contributed by atoms with Gasteiger partial charge in [-0.15, -0.1) is 0 Å². The minimum atomic E-state index is 0.732. The highest BCUT2D eigenvalue weighted by Crippen LogP contribution is 2.29. The highest BCUT2D eigenvalue weighted by atomic mass is 79.9. The molecule has 2 rings (SSSR count). The molecule has 1 aromatic heterocycles. The Hall–Kier alpha value is -0.280. The molecule has 0 bridgehead atoms. The van der Waals surface area contributed by atoms with Crippen molar-refractivity contribution in [1.82, 2.24) is 5.32 Å². The van der Waals surface area contributed by atoms with E-state index in [1.54, 1.807) is 0 Å². The summed E-state index contributed by atoms with van der Waals surface area (Å²) >= 11 is 3.33. The topological polar surface area (TPSA) is 25.2 Å². The molecule has 0 amide bonds. The Morgan fingerprint density at radius 2 is 2.43 bits per heavy atom. The summed E-state index contributed by atoms with van der Waals surface area (Å²) in [4.78, 5) is 0. The van der Waals surface area contributed by atoms with Crippen LogP contribution < -0.4 is 5.32 Å². The van der Waals surface area contributed by atoms with Gasteiger partial charge in [0.15, 0.2) is 4.67 Å². The third kappa shape index (κ3) is 2.39. The number of rotatable bonds is 3. The van der Waals surface area contributed by atoms with Gasteiger partial charge in [-0.3, -0.25) is 0 Å². The number of halogens is 1. The average molecular weight is 258 g/mol. The van der Waals surface area contributed by atoms with Gasteiger partial charge in [-0.1, -0.05) is 0 Å². The molecule has 14 heavy (non-hydrogen) atoms. The van der Waals surface area contributed by atoms with E-state index in [0.29, 0.717) is 0 Å². The maximum absolute atomic E-state index is 5.23. The average Bonchev–Trinajstić information content (AvgIpc) is 2.76. The molecule has 0 radical (unpaired) electrons. The second-order valence-electron chi connectivity index (χ2n) is 4.13. The highest BCUT2D eigenvalue weighted by Gasteiger charge is 2.23. The van der Waals surface area contributed by atoms with Crippen molar-refractivity contribution in [1.29, 1.82) is 0 Å². The van der Waals surface area contributed by atoms with Crippen LogP contribution in [0, 0.1) is 5.92 Å². The lowest BCUT2D eigenvalue weighted by Gasteiger charge is -2.08. The van der Waals surface area contributed by atoms with Crippen molar-refractivity contribution in [3.8, 4) is 0 Å². The lowest BCUT2D eigenvalue weighted by molar-refractivity contribution is 0.501. The summed E-state index contributed by atoms with van der Waals surface area (Å²) in [7, 11) is 2.06. The van der Waals surface area contributed by atoms with Gasteiger partial charge in [0, 0.05) is 6.04 Å². The molecule has 2 unspecified atom stereocenters. The van der Waals surface area contributed by atoms with Crippen LogP contribution in [0.25, 0.3) is 0 Å². The van der Waals surface area contributed by atoms with Crippen molar-refractivity contribution < 1.29 is 4.42 Å². The SMILES string of the molecule is CNC1CCC(Cc2coc(Br)c2)C1.